The van der Waals surface area contributed by atoms with E-state index in [1.807, 2.05) is 25.1 Å². The summed E-state index contributed by atoms with van der Waals surface area (Å²) in [5.74, 6) is 1.57. The minimum Gasteiger partial charge on any atom is -0.327 e. The van der Waals surface area contributed by atoms with Gasteiger partial charge in [-0.25, -0.2) is 4.98 Å². The maximum Gasteiger partial charge on any atom is 0.127 e. The summed E-state index contributed by atoms with van der Waals surface area (Å²) >= 11 is 9.66. The lowest BCUT2D eigenvalue weighted by Gasteiger charge is -2.09. The van der Waals surface area contributed by atoms with Crippen molar-refractivity contribution in [2.24, 2.45) is 0 Å². The highest BCUT2D eigenvalue weighted by Gasteiger charge is 2.14. The van der Waals surface area contributed by atoms with E-state index in [-0.39, 0.29) is 5.38 Å². The van der Waals surface area contributed by atoms with E-state index in [1.54, 1.807) is 6.26 Å². The average molecular weight is 364 g/mol. The minimum absolute atomic E-state index is 0.140. The molecular weight excluding hydrogens is 348 g/mol. The summed E-state index contributed by atoms with van der Waals surface area (Å²) in [6.45, 7) is 2.72. The van der Waals surface area contributed by atoms with Crippen molar-refractivity contribution in [3.05, 3.63) is 28.5 Å². The van der Waals surface area contributed by atoms with Crippen LogP contribution in [0.3, 0.4) is 0 Å². The second-order valence-corrected chi connectivity index (χ2v) is 7.63. The molecule has 0 fully saturated rings. The van der Waals surface area contributed by atoms with Crippen LogP contribution in [0.1, 0.15) is 24.5 Å². The number of aryl methyl sites for hydroxylation is 1. The molecule has 6 heteroatoms. The molecule has 19 heavy (non-hydrogen) atoms. The van der Waals surface area contributed by atoms with E-state index < -0.39 is 10.8 Å². The van der Waals surface area contributed by atoms with Gasteiger partial charge in [0.1, 0.15) is 5.82 Å². The van der Waals surface area contributed by atoms with Gasteiger partial charge in [0.05, 0.1) is 16.4 Å². The molecule has 2 aromatic rings. The van der Waals surface area contributed by atoms with Gasteiger partial charge in [-0.05, 0) is 31.5 Å². The first kappa shape index (κ1) is 15.0. The summed E-state index contributed by atoms with van der Waals surface area (Å²) in [4.78, 5) is 4.60. The standard InChI is InChI=1S/C13H16BrClN2OS/c1-9(15)13-16-11-8-10(14)4-5-12(11)17(13)6-3-7-19(2)18/h4-5,8-9H,3,6-7H2,1-2H3. The Balaban J connectivity index is 2.37. The van der Waals surface area contributed by atoms with E-state index in [0.717, 1.165) is 34.3 Å². The molecular formula is C13H16BrClN2OS. The van der Waals surface area contributed by atoms with Gasteiger partial charge in [-0.15, -0.1) is 11.6 Å². The highest BCUT2D eigenvalue weighted by atomic mass is 79.9. The van der Waals surface area contributed by atoms with Crippen molar-refractivity contribution in [2.75, 3.05) is 12.0 Å². The summed E-state index contributed by atoms with van der Waals surface area (Å²) in [6, 6.07) is 6.03. The van der Waals surface area contributed by atoms with Crippen LogP contribution in [-0.2, 0) is 17.3 Å². The predicted octanol–water partition coefficient (Wildman–Crippen LogP) is 3.87. The number of rotatable bonds is 5. The maximum atomic E-state index is 11.2. The lowest BCUT2D eigenvalue weighted by Crippen LogP contribution is -2.07. The molecule has 2 rings (SSSR count). The fourth-order valence-electron chi connectivity index (χ4n) is 2.09. The van der Waals surface area contributed by atoms with E-state index in [1.165, 1.54) is 0 Å². The van der Waals surface area contributed by atoms with Crippen molar-refractivity contribution >= 4 is 49.4 Å². The molecule has 2 unspecified atom stereocenters. The molecule has 0 aliphatic rings. The third-order valence-corrected chi connectivity index (χ3v) is 4.46. The molecule has 0 amide bonds. The van der Waals surface area contributed by atoms with E-state index in [0.29, 0.717) is 5.75 Å². The van der Waals surface area contributed by atoms with Crippen LogP contribution >= 0.6 is 27.5 Å². The molecule has 0 saturated heterocycles. The minimum atomic E-state index is -0.756. The van der Waals surface area contributed by atoms with Gasteiger partial charge in [-0.3, -0.25) is 4.21 Å². The van der Waals surface area contributed by atoms with Crippen molar-refractivity contribution in [1.29, 1.82) is 0 Å². The number of imidazole rings is 1. The zero-order valence-electron chi connectivity index (χ0n) is 10.9. The van der Waals surface area contributed by atoms with Gasteiger partial charge in [0.15, 0.2) is 0 Å². The number of benzene rings is 1. The molecule has 104 valence electrons. The summed E-state index contributed by atoms with van der Waals surface area (Å²) in [7, 11) is -0.756. The van der Waals surface area contributed by atoms with Crippen LogP contribution < -0.4 is 0 Å². The molecule has 0 bridgehead atoms. The van der Waals surface area contributed by atoms with Gasteiger partial charge in [-0.1, -0.05) is 15.9 Å². The molecule has 0 saturated carbocycles. The molecule has 0 N–H and O–H groups in total. The second kappa shape index (κ2) is 6.37. The molecule has 0 aliphatic carbocycles. The molecule has 2 atom stereocenters. The van der Waals surface area contributed by atoms with Crippen molar-refractivity contribution in [2.45, 2.75) is 25.3 Å². The molecule has 1 aromatic heterocycles. The van der Waals surface area contributed by atoms with Gasteiger partial charge in [0.2, 0.25) is 0 Å². The van der Waals surface area contributed by atoms with Crippen LogP contribution in [-0.4, -0.2) is 25.8 Å². The fraction of sp³-hybridized carbons (Fsp3) is 0.462. The monoisotopic (exact) mass is 362 g/mol. The Hall–Kier alpha value is -0.390. The Morgan fingerprint density at radius 1 is 1.53 bits per heavy atom. The van der Waals surface area contributed by atoms with Crippen LogP contribution in [0, 0.1) is 0 Å². The maximum absolute atomic E-state index is 11.2. The summed E-state index contributed by atoms with van der Waals surface area (Å²) < 4.78 is 14.3. The summed E-state index contributed by atoms with van der Waals surface area (Å²) in [5, 5.41) is -0.140. The normalized spacial score (nSPS) is 14.7. The topological polar surface area (TPSA) is 34.9 Å². The third kappa shape index (κ3) is 3.58. The Bertz CT molecular complexity index is 612. The van der Waals surface area contributed by atoms with E-state index in [9.17, 15) is 4.21 Å². The first-order chi connectivity index (χ1) is 8.99. The Morgan fingerprint density at radius 3 is 2.89 bits per heavy atom. The van der Waals surface area contributed by atoms with Crippen LogP contribution in [0.4, 0.5) is 0 Å². The van der Waals surface area contributed by atoms with Crippen LogP contribution in [0.5, 0.6) is 0 Å². The third-order valence-electron chi connectivity index (χ3n) is 2.91. The van der Waals surface area contributed by atoms with E-state index in [4.69, 9.17) is 11.6 Å². The number of fused-ring (bicyclic) bond motifs is 1. The van der Waals surface area contributed by atoms with Crippen molar-refractivity contribution in [3.63, 3.8) is 0 Å². The lowest BCUT2D eigenvalue weighted by molar-refractivity contribution is 0.646. The largest absolute Gasteiger partial charge is 0.327 e. The molecule has 1 heterocycles. The SMILES string of the molecule is CC(Cl)c1nc2cc(Br)ccc2n1CCCS(C)=O. The van der Waals surface area contributed by atoms with E-state index >= 15 is 0 Å². The number of halogens is 2. The van der Waals surface area contributed by atoms with E-state index in [2.05, 4.69) is 25.5 Å². The Morgan fingerprint density at radius 2 is 2.26 bits per heavy atom. The number of hydrogen-bond acceptors (Lipinski definition) is 2. The highest BCUT2D eigenvalue weighted by molar-refractivity contribution is 9.10. The zero-order chi connectivity index (χ0) is 14.0. The predicted molar refractivity (Wildman–Crippen MR) is 85.3 cm³/mol. The number of aromatic nitrogens is 2. The lowest BCUT2D eigenvalue weighted by atomic mass is 10.3. The zero-order valence-corrected chi connectivity index (χ0v) is 14.1. The van der Waals surface area contributed by atoms with Gasteiger partial charge in [-0.2, -0.15) is 0 Å². The van der Waals surface area contributed by atoms with Gasteiger partial charge in [0.25, 0.3) is 0 Å². The smallest absolute Gasteiger partial charge is 0.127 e. The van der Waals surface area contributed by atoms with Gasteiger partial charge in [0, 0.05) is 33.8 Å². The van der Waals surface area contributed by atoms with Gasteiger partial charge < -0.3 is 4.57 Å². The van der Waals surface area contributed by atoms with Crippen molar-refractivity contribution in [3.8, 4) is 0 Å². The van der Waals surface area contributed by atoms with Crippen LogP contribution in [0.25, 0.3) is 11.0 Å². The molecule has 0 aliphatic heterocycles. The van der Waals surface area contributed by atoms with Crippen LogP contribution in [0.2, 0.25) is 0 Å². The fourth-order valence-corrected chi connectivity index (χ4v) is 3.14. The number of nitrogens with zero attached hydrogens (tertiary/aromatic N) is 2. The molecule has 0 radical (unpaired) electrons. The number of hydrogen-bond donors (Lipinski definition) is 0. The average Bonchev–Trinajstić information content (AvgIpc) is 2.67. The number of alkyl halides is 1. The quantitative estimate of drug-likeness (QED) is 0.756. The highest BCUT2D eigenvalue weighted by Crippen LogP contribution is 2.26. The van der Waals surface area contributed by atoms with Crippen LogP contribution in [0.15, 0.2) is 22.7 Å². The first-order valence-electron chi connectivity index (χ1n) is 6.09. The first-order valence-corrected chi connectivity index (χ1v) is 9.04. The molecule has 3 nitrogen and oxygen atoms in total. The Kier molecular flexibility index (Phi) is 5.03. The van der Waals surface area contributed by atoms with Crippen molar-refractivity contribution < 1.29 is 4.21 Å². The van der Waals surface area contributed by atoms with Gasteiger partial charge >= 0.3 is 0 Å². The summed E-state index contributed by atoms with van der Waals surface area (Å²) in [6.07, 6.45) is 2.59. The molecule has 1 aromatic carbocycles. The molecule has 0 spiro atoms. The van der Waals surface area contributed by atoms with Crippen molar-refractivity contribution in [1.82, 2.24) is 9.55 Å². The Labute approximate surface area is 128 Å². The second-order valence-electron chi connectivity index (χ2n) is 4.50. The summed E-state index contributed by atoms with van der Waals surface area (Å²) in [5.41, 5.74) is 2.02.